The summed E-state index contributed by atoms with van der Waals surface area (Å²) < 4.78 is 5.24. The Labute approximate surface area is 106 Å². The summed E-state index contributed by atoms with van der Waals surface area (Å²) in [5.41, 5.74) is 1.47. The molecule has 4 nitrogen and oxygen atoms in total. The molecule has 4 heteroatoms. The maximum Gasteiger partial charge on any atom is 0.258 e. The number of amides is 1. The smallest absolute Gasteiger partial charge is 0.258 e. The van der Waals surface area contributed by atoms with Crippen LogP contribution in [0.3, 0.4) is 0 Å². The van der Waals surface area contributed by atoms with Crippen molar-refractivity contribution in [3.63, 3.8) is 0 Å². The van der Waals surface area contributed by atoms with Gasteiger partial charge in [-0.15, -0.1) is 0 Å². The van der Waals surface area contributed by atoms with E-state index in [1.165, 1.54) is 7.11 Å². The molecular formula is C14H14N2O2. The first-order chi connectivity index (χ1) is 8.81. The summed E-state index contributed by atoms with van der Waals surface area (Å²) in [4.78, 5) is 16.0. The molecule has 92 valence electrons. The molecule has 0 bridgehead atoms. The van der Waals surface area contributed by atoms with E-state index < -0.39 is 6.10 Å². The van der Waals surface area contributed by atoms with E-state index in [0.29, 0.717) is 5.69 Å². The molecule has 1 heterocycles. The van der Waals surface area contributed by atoms with Crippen molar-refractivity contribution in [3.05, 3.63) is 60.4 Å². The number of hydrogen-bond acceptors (Lipinski definition) is 3. The first kappa shape index (κ1) is 12.3. The third-order valence-corrected chi connectivity index (χ3v) is 2.51. The van der Waals surface area contributed by atoms with Crippen molar-refractivity contribution in [2.24, 2.45) is 0 Å². The number of aromatic nitrogens is 1. The van der Waals surface area contributed by atoms with Crippen molar-refractivity contribution >= 4 is 11.6 Å². The van der Waals surface area contributed by atoms with E-state index >= 15 is 0 Å². The summed E-state index contributed by atoms with van der Waals surface area (Å²) >= 11 is 0. The number of nitrogens with zero attached hydrogens (tertiary/aromatic N) is 1. The summed E-state index contributed by atoms with van der Waals surface area (Å²) in [6.45, 7) is 0. The van der Waals surface area contributed by atoms with E-state index in [0.717, 1.165) is 5.56 Å². The number of carbonyl (C=O) groups excluding carboxylic acids is 1. The zero-order chi connectivity index (χ0) is 12.8. The van der Waals surface area contributed by atoms with Gasteiger partial charge in [0.15, 0.2) is 6.10 Å². The Balaban J connectivity index is 2.12. The molecule has 1 N–H and O–H groups in total. The van der Waals surface area contributed by atoms with Crippen molar-refractivity contribution in [2.45, 2.75) is 6.10 Å². The van der Waals surface area contributed by atoms with E-state index in [-0.39, 0.29) is 5.91 Å². The Morgan fingerprint density at radius 2 is 2.00 bits per heavy atom. The number of benzene rings is 1. The third kappa shape index (κ3) is 2.93. The summed E-state index contributed by atoms with van der Waals surface area (Å²) in [6.07, 6.45) is 2.63. The van der Waals surface area contributed by atoms with Crippen LogP contribution in [0.4, 0.5) is 5.69 Å². The van der Waals surface area contributed by atoms with Crippen LogP contribution in [0.5, 0.6) is 0 Å². The van der Waals surface area contributed by atoms with Crippen LogP contribution in [0.2, 0.25) is 0 Å². The van der Waals surface area contributed by atoms with Crippen molar-refractivity contribution in [2.75, 3.05) is 12.4 Å². The molecule has 1 aromatic heterocycles. The standard InChI is InChI=1S/C14H14N2O2/c1-18-13(11-6-3-2-4-7-11)14(17)16-12-8-5-9-15-10-12/h2-10,13H,1H3,(H,16,17)/t13-/m0/s1. The molecule has 2 rings (SSSR count). The second-order valence-electron chi connectivity index (χ2n) is 3.76. The van der Waals surface area contributed by atoms with E-state index in [4.69, 9.17) is 4.74 Å². The van der Waals surface area contributed by atoms with Gasteiger partial charge in [-0.05, 0) is 17.7 Å². The SMILES string of the molecule is CO[C@H](C(=O)Nc1cccnc1)c1ccccc1. The first-order valence-corrected chi connectivity index (χ1v) is 5.60. The minimum Gasteiger partial charge on any atom is -0.367 e. The Morgan fingerprint density at radius 3 is 2.61 bits per heavy atom. The Morgan fingerprint density at radius 1 is 1.22 bits per heavy atom. The number of ether oxygens (including phenoxy) is 1. The van der Waals surface area contributed by atoms with Crippen molar-refractivity contribution < 1.29 is 9.53 Å². The lowest BCUT2D eigenvalue weighted by atomic mass is 10.1. The van der Waals surface area contributed by atoms with E-state index in [1.54, 1.807) is 24.5 Å². The number of anilines is 1. The third-order valence-electron chi connectivity index (χ3n) is 2.51. The van der Waals surface area contributed by atoms with Gasteiger partial charge in [0.1, 0.15) is 0 Å². The molecule has 1 amide bonds. The normalized spacial score (nSPS) is 11.8. The van der Waals surface area contributed by atoms with Gasteiger partial charge in [-0.1, -0.05) is 30.3 Å². The quantitative estimate of drug-likeness (QED) is 0.895. The molecule has 1 aromatic carbocycles. The fourth-order valence-electron chi connectivity index (χ4n) is 1.67. The molecule has 1 atom stereocenters. The largest absolute Gasteiger partial charge is 0.367 e. The lowest BCUT2D eigenvalue weighted by molar-refractivity contribution is -0.126. The van der Waals surface area contributed by atoms with Crippen LogP contribution < -0.4 is 5.32 Å². The zero-order valence-electron chi connectivity index (χ0n) is 10.0. The first-order valence-electron chi connectivity index (χ1n) is 5.60. The van der Waals surface area contributed by atoms with Gasteiger partial charge in [-0.25, -0.2) is 0 Å². The Kier molecular flexibility index (Phi) is 4.04. The molecule has 0 aliphatic heterocycles. The van der Waals surface area contributed by atoms with Gasteiger partial charge < -0.3 is 10.1 Å². The highest BCUT2D eigenvalue weighted by atomic mass is 16.5. The average molecular weight is 242 g/mol. The van der Waals surface area contributed by atoms with Gasteiger partial charge in [0, 0.05) is 13.3 Å². The number of carbonyl (C=O) groups is 1. The second-order valence-corrected chi connectivity index (χ2v) is 3.76. The lowest BCUT2D eigenvalue weighted by Gasteiger charge is -2.15. The highest BCUT2D eigenvalue weighted by Gasteiger charge is 2.19. The highest BCUT2D eigenvalue weighted by Crippen LogP contribution is 2.18. The van der Waals surface area contributed by atoms with Gasteiger partial charge in [-0.2, -0.15) is 0 Å². The van der Waals surface area contributed by atoms with E-state index in [9.17, 15) is 4.79 Å². The molecule has 0 fully saturated rings. The number of methoxy groups -OCH3 is 1. The van der Waals surface area contributed by atoms with Crippen LogP contribution in [0, 0.1) is 0 Å². The molecule has 0 aliphatic rings. The minimum absolute atomic E-state index is 0.211. The molecule has 18 heavy (non-hydrogen) atoms. The van der Waals surface area contributed by atoms with Crippen LogP contribution in [0.25, 0.3) is 0 Å². The topological polar surface area (TPSA) is 51.2 Å². The zero-order valence-corrected chi connectivity index (χ0v) is 10.0. The number of nitrogens with one attached hydrogen (secondary N) is 1. The highest BCUT2D eigenvalue weighted by molar-refractivity contribution is 5.94. The molecular weight excluding hydrogens is 228 g/mol. The van der Waals surface area contributed by atoms with Crippen LogP contribution >= 0.6 is 0 Å². The maximum absolute atomic E-state index is 12.1. The van der Waals surface area contributed by atoms with Gasteiger partial charge in [0.05, 0.1) is 11.9 Å². The average Bonchev–Trinajstić information content (AvgIpc) is 2.42. The molecule has 0 spiro atoms. The van der Waals surface area contributed by atoms with Crippen molar-refractivity contribution in [1.82, 2.24) is 4.98 Å². The van der Waals surface area contributed by atoms with Crippen LogP contribution in [0.15, 0.2) is 54.9 Å². The van der Waals surface area contributed by atoms with Crippen LogP contribution in [-0.4, -0.2) is 18.0 Å². The number of pyridine rings is 1. The Hall–Kier alpha value is -2.20. The van der Waals surface area contributed by atoms with Crippen LogP contribution in [0.1, 0.15) is 11.7 Å². The van der Waals surface area contributed by atoms with Crippen LogP contribution in [-0.2, 0) is 9.53 Å². The predicted octanol–water partition coefficient (Wildman–Crippen LogP) is 2.41. The molecule has 0 radical (unpaired) electrons. The van der Waals surface area contributed by atoms with Gasteiger partial charge in [0.2, 0.25) is 0 Å². The van der Waals surface area contributed by atoms with Crippen molar-refractivity contribution in [3.8, 4) is 0 Å². The summed E-state index contributed by atoms with van der Waals surface area (Å²) in [5, 5.41) is 2.76. The van der Waals surface area contributed by atoms with Gasteiger partial charge >= 0.3 is 0 Å². The number of rotatable bonds is 4. The lowest BCUT2D eigenvalue weighted by Crippen LogP contribution is -2.22. The monoisotopic (exact) mass is 242 g/mol. The molecule has 0 saturated heterocycles. The van der Waals surface area contributed by atoms with E-state index in [2.05, 4.69) is 10.3 Å². The summed E-state index contributed by atoms with van der Waals surface area (Å²) in [6, 6.07) is 12.9. The molecule has 0 unspecified atom stereocenters. The summed E-state index contributed by atoms with van der Waals surface area (Å²) in [7, 11) is 1.51. The Bertz CT molecular complexity index is 500. The molecule has 2 aromatic rings. The number of hydrogen-bond donors (Lipinski definition) is 1. The van der Waals surface area contributed by atoms with Gasteiger partial charge in [-0.3, -0.25) is 9.78 Å². The molecule has 0 aliphatic carbocycles. The predicted molar refractivity (Wildman–Crippen MR) is 69.1 cm³/mol. The van der Waals surface area contributed by atoms with Gasteiger partial charge in [0.25, 0.3) is 5.91 Å². The maximum atomic E-state index is 12.1. The molecule has 0 saturated carbocycles. The van der Waals surface area contributed by atoms with E-state index in [1.807, 2.05) is 30.3 Å². The van der Waals surface area contributed by atoms with Crippen molar-refractivity contribution in [1.29, 1.82) is 0 Å². The fraction of sp³-hybridized carbons (Fsp3) is 0.143. The second kappa shape index (κ2) is 5.93. The fourth-order valence-corrected chi connectivity index (χ4v) is 1.67. The summed E-state index contributed by atoms with van der Waals surface area (Å²) in [5.74, 6) is -0.211. The minimum atomic E-state index is -0.619.